The van der Waals surface area contributed by atoms with E-state index in [-0.39, 0.29) is 0 Å². The summed E-state index contributed by atoms with van der Waals surface area (Å²) in [6.07, 6.45) is 4.14. The van der Waals surface area contributed by atoms with Crippen LogP contribution < -0.4 is 0 Å². The first kappa shape index (κ1) is 13.7. The van der Waals surface area contributed by atoms with Crippen molar-refractivity contribution >= 4 is 22.7 Å². The summed E-state index contributed by atoms with van der Waals surface area (Å²) in [7, 11) is 0. The molecule has 0 saturated carbocycles. The number of thiazole rings is 2. The van der Waals surface area contributed by atoms with Gasteiger partial charge in [0, 0.05) is 22.6 Å². The zero-order valence-electron chi connectivity index (χ0n) is 11.5. The zero-order valence-corrected chi connectivity index (χ0v) is 13.2. The highest BCUT2D eigenvalue weighted by atomic mass is 32.1. The Hall–Kier alpha value is -0.740. The predicted molar refractivity (Wildman–Crippen MR) is 79.9 cm³/mol. The number of rotatable bonds is 5. The van der Waals surface area contributed by atoms with E-state index in [0.717, 1.165) is 25.7 Å². The molecule has 0 aromatic carbocycles. The summed E-state index contributed by atoms with van der Waals surface area (Å²) >= 11 is 3.68. The second-order valence-electron chi connectivity index (χ2n) is 4.43. The predicted octanol–water partition coefficient (Wildman–Crippen LogP) is 4.13. The van der Waals surface area contributed by atoms with Crippen LogP contribution in [0.1, 0.15) is 45.0 Å². The van der Waals surface area contributed by atoms with Gasteiger partial charge in [-0.25, -0.2) is 9.97 Å². The number of nitrogens with zero attached hydrogens (tertiary/aromatic N) is 2. The summed E-state index contributed by atoms with van der Waals surface area (Å²) in [5, 5.41) is 2.52. The third-order valence-electron chi connectivity index (χ3n) is 3.10. The van der Waals surface area contributed by atoms with Gasteiger partial charge in [0.1, 0.15) is 0 Å². The van der Waals surface area contributed by atoms with E-state index in [0.29, 0.717) is 0 Å². The Labute approximate surface area is 117 Å². The Bertz CT molecular complexity index is 478. The summed E-state index contributed by atoms with van der Waals surface area (Å²) < 4.78 is 0. The standard InChI is InChI=1S/C14H20N2S2/c1-5-11-9(3)17-13(15-11)7-8-14-16-12(6-2)10(4)18-14/h5-8H2,1-4H3. The van der Waals surface area contributed by atoms with Gasteiger partial charge in [0.15, 0.2) is 0 Å². The van der Waals surface area contributed by atoms with Gasteiger partial charge in [-0.05, 0) is 26.7 Å². The molecular weight excluding hydrogens is 260 g/mol. The molecule has 2 aromatic heterocycles. The van der Waals surface area contributed by atoms with Crippen LogP contribution in [0.15, 0.2) is 0 Å². The van der Waals surface area contributed by atoms with Crippen molar-refractivity contribution in [3.63, 3.8) is 0 Å². The highest BCUT2D eigenvalue weighted by Gasteiger charge is 2.09. The van der Waals surface area contributed by atoms with E-state index in [1.165, 1.54) is 31.2 Å². The fraction of sp³-hybridized carbons (Fsp3) is 0.571. The molecule has 18 heavy (non-hydrogen) atoms. The van der Waals surface area contributed by atoms with E-state index >= 15 is 0 Å². The molecule has 0 atom stereocenters. The van der Waals surface area contributed by atoms with Crippen LogP contribution in [0, 0.1) is 13.8 Å². The Balaban J connectivity index is 2.01. The van der Waals surface area contributed by atoms with Crippen molar-refractivity contribution in [1.29, 1.82) is 0 Å². The fourth-order valence-corrected chi connectivity index (χ4v) is 4.10. The smallest absolute Gasteiger partial charge is 0.0935 e. The van der Waals surface area contributed by atoms with Crippen LogP contribution in [-0.4, -0.2) is 9.97 Å². The Kier molecular flexibility index (Phi) is 4.51. The van der Waals surface area contributed by atoms with E-state index in [1.807, 2.05) is 22.7 Å². The summed E-state index contributed by atoms with van der Waals surface area (Å²) in [5.41, 5.74) is 2.53. The Morgan fingerprint density at radius 3 is 1.44 bits per heavy atom. The van der Waals surface area contributed by atoms with Crippen molar-refractivity contribution in [1.82, 2.24) is 9.97 Å². The third kappa shape index (κ3) is 2.98. The summed E-state index contributed by atoms with van der Waals surface area (Å²) in [6, 6.07) is 0. The first-order valence-corrected chi connectivity index (χ1v) is 8.17. The molecule has 2 rings (SSSR count). The van der Waals surface area contributed by atoms with E-state index in [9.17, 15) is 0 Å². The number of hydrogen-bond donors (Lipinski definition) is 0. The highest BCUT2D eigenvalue weighted by molar-refractivity contribution is 7.12. The van der Waals surface area contributed by atoms with E-state index in [2.05, 4.69) is 37.7 Å². The van der Waals surface area contributed by atoms with Crippen molar-refractivity contribution in [3.05, 3.63) is 31.2 Å². The molecule has 0 fully saturated rings. The molecule has 98 valence electrons. The maximum atomic E-state index is 4.69. The van der Waals surface area contributed by atoms with Crippen molar-refractivity contribution in [2.75, 3.05) is 0 Å². The lowest BCUT2D eigenvalue weighted by Gasteiger charge is -1.93. The van der Waals surface area contributed by atoms with Gasteiger partial charge in [0.05, 0.1) is 21.4 Å². The lowest BCUT2D eigenvalue weighted by atomic mass is 10.3. The summed E-state index contributed by atoms with van der Waals surface area (Å²) in [5.74, 6) is 0. The van der Waals surface area contributed by atoms with Gasteiger partial charge in [0.25, 0.3) is 0 Å². The fourth-order valence-electron chi connectivity index (χ4n) is 2.06. The zero-order chi connectivity index (χ0) is 13.1. The Morgan fingerprint density at radius 2 is 1.17 bits per heavy atom. The van der Waals surface area contributed by atoms with Crippen molar-refractivity contribution in [2.45, 2.75) is 53.4 Å². The minimum Gasteiger partial charge on any atom is -0.246 e. The van der Waals surface area contributed by atoms with Gasteiger partial charge >= 0.3 is 0 Å². The van der Waals surface area contributed by atoms with E-state index < -0.39 is 0 Å². The average Bonchev–Trinajstić information content (AvgIpc) is 2.89. The van der Waals surface area contributed by atoms with Gasteiger partial charge in [-0.15, -0.1) is 22.7 Å². The molecule has 0 N–H and O–H groups in total. The highest BCUT2D eigenvalue weighted by Crippen LogP contribution is 2.22. The van der Waals surface area contributed by atoms with Gasteiger partial charge < -0.3 is 0 Å². The number of hydrogen-bond acceptors (Lipinski definition) is 4. The third-order valence-corrected chi connectivity index (χ3v) is 5.24. The molecule has 0 aliphatic rings. The Morgan fingerprint density at radius 1 is 0.778 bits per heavy atom. The van der Waals surface area contributed by atoms with Crippen LogP contribution in [0.2, 0.25) is 0 Å². The first-order valence-electron chi connectivity index (χ1n) is 6.54. The molecule has 2 heterocycles. The average molecular weight is 280 g/mol. The van der Waals surface area contributed by atoms with Crippen LogP contribution in [0.25, 0.3) is 0 Å². The SMILES string of the molecule is CCc1nc(CCc2nc(CC)c(C)s2)sc1C. The van der Waals surface area contributed by atoms with Gasteiger partial charge in [0.2, 0.25) is 0 Å². The van der Waals surface area contributed by atoms with Crippen LogP contribution in [0.4, 0.5) is 0 Å². The van der Waals surface area contributed by atoms with Crippen molar-refractivity contribution in [2.24, 2.45) is 0 Å². The van der Waals surface area contributed by atoms with Gasteiger partial charge in [-0.3, -0.25) is 0 Å². The molecular formula is C14H20N2S2. The summed E-state index contributed by atoms with van der Waals surface area (Å²) in [6.45, 7) is 8.68. The lowest BCUT2D eigenvalue weighted by molar-refractivity contribution is 0.896. The molecule has 0 radical (unpaired) electrons. The van der Waals surface area contributed by atoms with Crippen LogP contribution in [-0.2, 0) is 25.7 Å². The second-order valence-corrected chi connectivity index (χ2v) is 7.00. The number of aryl methyl sites for hydroxylation is 6. The molecule has 0 bridgehead atoms. The quantitative estimate of drug-likeness (QED) is 0.823. The van der Waals surface area contributed by atoms with Crippen LogP contribution in [0.3, 0.4) is 0 Å². The maximum absolute atomic E-state index is 4.69. The second kappa shape index (κ2) is 5.93. The molecule has 0 aliphatic carbocycles. The molecule has 0 amide bonds. The minimum atomic E-state index is 1.03. The number of aromatic nitrogens is 2. The minimum absolute atomic E-state index is 1.03. The molecule has 0 spiro atoms. The molecule has 2 nitrogen and oxygen atoms in total. The molecule has 2 aromatic rings. The molecule has 4 heteroatoms. The first-order chi connectivity index (χ1) is 8.63. The van der Waals surface area contributed by atoms with E-state index in [4.69, 9.17) is 0 Å². The molecule has 0 aliphatic heterocycles. The normalized spacial score (nSPS) is 11.1. The van der Waals surface area contributed by atoms with Gasteiger partial charge in [-0.2, -0.15) is 0 Å². The van der Waals surface area contributed by atoms with Gasteiger partial charge in [-0.1, -0.05) is 13.8 Å². The topological polar surface area (TPSA) is 25.8 Å². The van der Waals surface area contributed by atoms with Crippen molar-refractivity contribution < 1.29 is 0 Å². The lowest BCUT2D eigenvalue weighted by Crippen LogP contribution is -1.92. The molecule has 0 saturated heterocycles. The summed E-state index contributed by atoms with van der Waals surface area (Å²) in [4.78, 5) is 12.1. The molecule has 0 unspecified atom stereocenters. The van der Waals surface area contributed by atoms with Crippen LogP contribution in [0.5, 0.6) is 0 Å². The van der Waals surface area contributed by atoms with Crippen LogP contribution >= 0.6 is 22.7 Å². The van der Waals surface area contributed by atoms with E-state index in [1.54, 1.807) is 0 Å². The van der Waals surface area contributed by atoms with Crippen molar-refractivity contribution in [3.8, 4) is 0 Å². The monoisotopic (exact) mass is 280 g/mol. The maximum Gasteiger partial charge on any atom is 0.0935 e. The largest absolute Gasteiger partial charge is 0.246 e.